The molecule has 1 aromatic carbocycles. The Morgan fingerprint density at radius 3 is 2.07 bits per heavy atom. The van der Waals surface area contributed by atoms with Crippen molar-refractivity contribution in [1.29, 1.82) is 0 Å². The molecule has 0 unspecified atom stereocenters. The fourth-order valence-electron chi connectivity index (χ4n) is 3.02. The van der Waals surface area contributed by atoms with E-state index >= 15 is 0 Å². The summed E-state index contributed by atoms with van der Waals surface area (Å²) in [6, 6.07) is 8.45. The summed E-state index contributed by atoms with van der Waals surface area (Å²) in [6.45, 7) is 4.76. The summed E-state index contributed by atoms with van der Waals surface area (Å²) < 4.78 is 22.0. The molecule has 5 atom stereocenters. The first-order valence-electron chi connectivity index (χ1n) is 9.29. The number of hydrogen-bond donors (Lipinski definition) is 1. The van der Waals surface area contributed by atoms with Crippen molar-refractivity contribution < 1.29 is 38.1 Å². The van der Waals surface area contributed by atoms with E-state index in [0.29, 0.717) is 0 Å². The lowest BCUT2D eigenvalue weighted by atomic mass is 9.97. The van der Waals surface area contributed by atoms with Crippen LogP contribution in [0.2, 0.25) is 0 Å². The van der Waals surface area contributed by atoms with Gasteiger partial charge in [-0.2, -0.15) is 0 Å². The molecule has 0 aliphatic carbocycles. The fraction of sp³-hybridized carbons (Fsp3) is 0.500. The Morgan fingerprint density at radius 1 is 0.933 bits per heavy atom. The van der Waals surface area contributed by atoms with Crippen LogP contribution in [0.4, 0.5) is 0 Å². The van der Waals surface area contributed by atoms with E-state index in [9.17, 15) is 19.2 Å². The summed E-state index contributed by atoms with van der Waals surface area (Å²) >= 11 is 1.30. The van der Waals surface area contributed by atoms with Crippen LogP contribution in [0.5, 0.6) is 0 Å². The highest BCUT2D eigenvalue weighted by molar-refractivity contribution is 7.99. The highest BCUT2D eigenvalue weighted by Crippen LogP contribution is 2.36. The normalized spacial score (nSPS) is 25.7. The van der Waals surface area contributed by atoms with Crippen molar-refractivity contribution in [3.05, 3.63) is 30.3 Å². The topological polar surface area (TPSA) is 117 Å². The molecule has 1 saturated heterocycles. The number of nitrogens with one attached hydrogen (secondary N) is 1. The minimum Gasteiger partial charge on any atom is -0.463 e. The van der Waals surface area contributed by atoms with Gasteiger partial charge in [0, 0.05) is 32.6 Å². The lowest BCUT2D eigenvalue weighted by Crippen LogP contribution is -2.65. The molecule has 0 bridgehead atoms. The monoisotopic (exact) mass is 439 g/mol. The second-order valence-electron chi connectivity index (χ2n) is 6.65. The van der Waals surface area contributed by atoms with Crippen LogP contribution >= 0.6 is 11.8 Å². The average Bonchev–Trinajstić information content (AvgIpc) is 2.64. The number of thioether (sulfide) groups is 1. The van der Waals surface area contributed by atoms with E-state index < -0.39 is 47.7 Å². The van der Waals surface area contributed by atoms with E-state index in [1.54, 1.807) is 0 Å². The zero-order chi connectivity index (χ0) is 22.3. The molecule has 9 nitrogen and oxygen atoms in total. The zero-order valence-corrected chi connectivity index (χ0v) is 18.0. The first kappa shape index (κ1) is 23.7. The number of rotatable bonds is 7. The van der Waals surface area contributed by atoms with Gasteiger partial charge in [0.25, 0.3) is 0 Å². The lowest BCUT2D eigenvalue weighted by molar-refractivity contribution is -0.211. The van der Waals surface area contributed by atoms with E-state index in [1.165, 1.54) is 39.5 Å². The van der Waals surface area contributed by atoms with Crippen LogP contribution in [0.3, 0.4) is 0 Å². The van der Waals surface area contributed by atoms with Crippen LogP contribution in [-0.2, 0) is 38.1 Å². The molecule has 1 heterocycles. The van der Waals surface area contributed by atoms with E-state index in [-0.39, 0.29) is 12.5 Å². The molecule has 0 aromatic heterocycles. The van der Waals surface area contributed by atoms with Gasteiger partial charge >= 0.3 is 17.9 Å². The van der Waals surface area contributed by atoms with Crippen molar-refractivity contribution in [1.82, 2.24) is 5.32 Å². The van der Waals surface area contributed by atoms with Crippen LogP contribution in [0.25, 0.3) is 0 Å². The molecule has 1 amide bonds. The average molecular weight is 439 g/mol. The highest BCUT2D eigenvalue weighted by Gasteiger charge is 2.51. The predicted octanol–water partition coefficient (Wildman–Crippen LogP) is 1.43. The van der Waals surface area contributed by atoms with Gasteiger partial charge in [-0.1, -0.05) is 30.0 Å². The van der Waals surface area contributed by atoms with Crippen LogP contribution < -0.4 is 5.32 Å². The van der Waals surface area contributed by atoms with Crippen molar-refractivity contribution in [2.75, 3.05) is 6.61 Å². The van der Waals surface area contributed by atoms with E-state index in [2.05, 4.69) is 5.32 Å². The van der Waals surface area contributed by atoms with Crippen LogP contribution in [0, 0.1) is 0 Å². The van der Waals surface area contributed by atoms with Gasteiger partial charge in [0.2, 0.25) is 5.91 Å². The molecule has 1 aliphatic heterocycles. The minimum absolute atomic E-state index is 0.219. The molecule has 2 rings (SSSR count). The Labute approximate surface area is 178 Å². The van der Waals surface area contributed by atoms with Gasteiger partial charge in [0.1, 0.15) is 24.2 Å². The van der Waals surface area contributed by atoms with E-state index in [0.717, 1.165) is 4.90 Å². The summed E-state index contributed by atoms with van der Waals surface area (Å²) in [5.41, 5.74) is -0.715. The molecular weight excluding hydrogens is 414 g/mol. The number of esters is 3. The Bertz CT molecular complexity index is 771. The summed E-state index contributed by atoms with van der Waals surface area (Å²) in [4.78, 5) is 47.6. The van der Waals surface area contributed by atoms with Gasteiger partial charge in [0.15, 0.2) is 12.2 Å². The Balaban J connectivity index is 2.42. The van der Waals surface area contributed by atoms with Crippen LogP contribution in [0.15, 0.2) is 35.2 Å². The molecule has 1 N–H and O–H groups in total. The van der Waals surface area contributed by atoms with E-state index in [1.807, 2.05) is 30.3 Å². The summed E-state index contributed by atoms with van der Waals surface area (Å²) in [7, 11) is 0. The highest BCUT2D eigenvalue weighted by atomic mass is 32.2. The molecule has 1 fully saturated rings. The maximum atomic E-state index is 11.9. The Hall–Kier alpha value is -2.59. The molecule has 0 spiro atoms. The number of hydrogen-bond acceptors (Lipinski definition) is 9. The predicted molar refractivity (Wildman–Crippen MR) is 106 cm³/mol. The number of ether oxygens (including phenoxy) is 4. The Kier molecular flexibility index (Phi) is 8.67. The molecule has 1 aliphatic rings. The lowest BCUT2D eigenvalue weighted by Gasteiger charge is -2.45. The van der Waals surface area contributed by atoms with Gasteiger partial charge in [0.05, 0.1) is 0 Å². The van der Waals surface area contributed by atoms with Crippen molar-refractivity contribution >= 4 is 35.6 Å². The summed E-state index contributed by atoms with van der Waals surface area (Å²) in [5.74, 6) is -2.17. The van der Waals surface area contributed by atoms with Crippen LogP contribution in [-0.4, -0.2) is 60.2 Å². The van der Waals surface area contributed by atoms with Crippen molar-refractivity contribution in [2.45, 2.75) is 62.4 Å². The van der Waals surface area contributed by atoms with Crippen molar-refractivity contribution in [3.8, 4) is 0 Å². The molecule has 0 saturated carbocycles. The number of carbonyl (C=O) groups excluding carboxylic acids is 4. The van der Waals surface area contributed by atoms with Gasteiger partial charge < -0.3 is 24.3 Å². The SMILES string of the molecule is CC(=O)N[C@@H]1[C@H](OC(C)=O)[C@H](OC(C)=O)[C@H](COC(C)=O)O[C@@H]1Sc1ccccc1. The molecule has 1 aromatic rings. The third-order valence-electron chi connectivity index (χ3n) is 4.07. The quantitative estimate of drug-likeness (QED) is 0.497. The molecular formula is C20H25NO8S. The van der Waals surface area contributed by atoms with Gasteiger partial charge in [-0.3, -0.25) is 19.2 Å². The Morgan fingerprint density at radius 2 is 1.53 bits per heavy atom. The minimum atomic E-state index is -1.09. The first-order valence-corrected chi connectivity index (χ1v) is 10.2. The smallest absolute Gasteiger partial charge is 0.303 e. The van der Waals surface area contributed by atoms with Crippen molar-refractivity contribution in [3.63, 3.8) is 0 Å². The summed E-state index contributed by atoms with van der Waals surface area (Å²) in [5, 5.41) is 2.74. The van der Waals surface area contributed by atoms with Gasteiger partial charge in [-0.15, -0.1) is 0 Å². The summed E-state index contributed by atoms with van der Waals surface area (Å²) in [6.07, 6.45) is -3.05. The second kappa shape index (κ2) is 11.0. The zero-order valence-electron chi connectivity index (χ0n) is 17.2. The van der Waals surface area contributed by atoms with Crippen molar-refractivity contribution in [2.24, 2.45) is 0 Å². The molecule has 0 radical (unpaired) electrons. The molecule has 30 heavy (non-hydrogen) atoms. The fourth-order valence-corrected chi connectivity index (χ4v) is 4.17. The largest absolute Gasteiger partial charge is 0.463 e. The van der Waals surface area contributed by atoms with Gasteiger partial charge in [-0.25, -0.2) is 0 Å². The molecule has 164 valence electrons. The second-order valence-corrected chi connectivity index (χ2v) is 7.82. The molecule has 10 heteroatoms. The maximum Gasteiger partial charge on any atom is 0.303 e. The standard InChI is InChI=1S/C20H25NO8S/c1-11(22)21-17-19(28-14(4)25)18(27-13(3)24)16(10-26-12(2)23)29-20(17)30-15-8-6-5-7-9-15/h5-9,16-20H,10H2,1-4H3,(H,21,22)/t16-,17+,18+,19-,20+/m0/s1. The maximum absolute atomic E-state index is 11.9. The third-order valence-corrected chi connectivity index (χ3v) is 5.25. The van der Waals surface area contributed by atoms with Gasteiger partial charge in [-0.05, 0) is 12.1 Å². The number of amides is 1. The first-order chi connectivity index (χ1) is 14.2. The van der Waals surface area contributed by atoms with Crippen LogP contribution in [0.1, 0.15) is 27.7 Å². The number of carbonyl (C=O) groups is 4. The number of benzene rings is 1. The van der Waals surface area contributed by atoms with E-state index in [4.69, 9.17) is 18.9 Å². The third kappa shape index (κ3) is 7.03.